The molecule has 2 amide bonds. The molecular weight excluding hydrogens is 240 g/mol. The fourth-order valence-electron chi connectivity index (χ4n) is 2.01. The molecule has 0 saturated heterocycles. The Balaban J connectivity index is 3.16. The minimum atomic E-state index is -0.372. The maximum absolute atomic E-state index is 11.4. The normalized spacial score (nSPS) is 10.4. The summed E-state index contributed by atoms with van der Waals surface area (Å²) in [5.41, 5.74) is 4.99. The van der Waals surface area contributed by atoms with Crippen molar-refractivity contribution < 1.29 is 9.59 Å². The second-order valence-corrected chi connectivity index (χ2v) is 5.14. The highest BCUT2D eigenvalue weighted by Gasteiger charge is 2.01. The zero-order valence-electron chi connectivity index (χ0n) is 12.4. The summed E-state index contributed by atoms with van der Waals surface area (Å²) in [6, 6.07) is 0. The zero-order valence-corrected chi connectivity index (χ0v) is 12.4. The van der Waals surface area contributed by atoms with E-state index in [-0.39, 0.29) is 18.2 Å². The second kappa shape index (κ2) is 13.4. The molecule has 3 N–H and O–H groups in total. The molecule has 0 atom stereocenters. The lowest BCUT2D eigenvalue weighted by molar-refractivity contribution is -0.121. The average molecular weight is 270 g/mol. The van der Waals surface area contributed by atoms with Crippen molar-refractivity contribution >= 4 is 11.8 Å². The molecule has 0 aliphatic carbocycles. The monoisotopic (exact) mass is 270 g/mol. The van der Waals surface area contributed by atoms with E-state index in [1.54, 1.807) is 0 Å². The Kier molecular flexibility index (Phi) is 12.6. The van der Waals surface area contributed by atoms with Crippen LogP contribution in [0.3, 0.4) is 0 Å². The fourth-order valence-corrected chi connectivity index (χ4v) is 2.01. The third-order valence-electron chi connectivity index (χ3n) is 3.20. The van der Waals surface area contributed by atoms with Crippen LogP contribution in [0.2, 0.25) is 0 Å². The van der Waals surface area contributed by atoms with Gasteiger partial charge in [0, 0.05) is 19.4 Å². The van der Waals surface area contributed by atoms with Crippen LogP contribution in [-0.4, -0.2) is 18.4 Å². The molecule has 112 valence electrons. The highest BCUT2D eigenvalue weighted by Crippen LogP contribution is 2.10. The van der Waals surface area contributed by atoms with Gasteiger partial charge < -0.3 is 11.1 Å². The molecule has 0 unspecified atom stereocenters. The Morgan fingerprint density at radius 1 is 0.842 bits per heavy atom. The predicted molar refractivity (Wildman–Crippen MR) is 78.7 cm³/mol. The summed E-state index contributed by atoms with van der Waals surface area (Å²) < 4.78 is 0. The number of amides is 2. The van der Waals surface area contributed by atoms with Crippen molar-refractivity contribution in [1.29, 1.82) is 0 Å². The summed E-state index contributed by atoms with van der Waals surface area (Å²) in [4.78, 5) is 21.8. The Bertz CT molecular complexity index is 242. The van der Waals surface area contributed by atoms with Crippen molar-refractivity contribution in [3.8, 4) is 0 Å². The molecule has 0 aromatic rings. The van der Waals surface area contributed by atoms with E-state index in [0.29, 0.717) is 13.0 Å². The number of primary amides is 1. The lowest BCUT2D eigenvalue weighted by Gasteiger charge is -2.04. The molecule has 0 aromatic carbocycles. The van der Waals surface area contributed by atoms with Gasteiger partial charge in [-0.1, -0.05) is 58.3 Å². The van der Waals surface area contributed by atoms with Crippen molar-refractivity contribution in [2.75, 3.05) is 6.54 Å². The number of rotatable bonds is 13. The summed E-state index contributed by atoms with van der Waals surface area (Å²) >= 11 is 0. The molecular formula is C15H30N2O2. The molecule has 4 nitrogen and oxygen atoms in total. The number of nitrogens with one attached hydrogen (secondary N) is 1. The van der Waals surface area contributed by atoms with Crippen LogP contribution in [0.4, 0.5) is 0 Å². The quantitative estimate of drug-likeness (QED) is 0.505. The lowest BCUT2D eigenvalue weighted by Crippen LogP contribution is -2.27. The van der Waals surface area contributed by atoms with Crippen LogP contribution in [0.1, 0.15) is 77.6 Å². The van der Waals surface area contributed by atoms with E-state index in [4.69, 9.17) is 5.73 Å². The van der Waals surface area contributed by atoms with Crippen LogP contribution in [-0.2, 0) is 9.59 Å². The van der Waals surface area contributed by atoms with Gasteiger partial charge in [-0.05, 0) is 6.42 Å². The SMILES string of the molecule is CCCCCCCCCCCC(=O)NCCC(N)=O. The zero-order chi connectivity index (χ0) is 14.3. The van der Waals surface area contributed by atoms with Gasteiger partial charge in [0.05, 0.1) is 0 Å². The largest absolute Gasteiger partial charge is 0.370 e. The lowest BCUT2D eigenvalue weighted by atomic mass is 10.1. The molecule has 4 heteroatoms. The number of hydrogen-bond donors (Lipinski definition) is 2. The van der Waals surface area contributed by atoms with Gasteiger partial charge in [0.25, 0.3) is 0 Å². The summed E-state index contributed by atoms with van der Waals surface area (Å²) in [7, 11) is 0. The molecule has 0 heterocycles. The van der Waals surface area contributed by atoms with Crippen LogP contribution in [0.15, 0.2) is 0 Å². The highest BCUT2D eigenvalue weighted by atomic mass is 16.2. The topological polar surface area (TPSA) is 72.2 Å². The first-order valence-electron chi connectivity index (χ1n) is 7.71. The number of carbonyl (C=O) groups excluding carboxylic acids is 2. The first-order chi connectivity index (χ1) is 9.16. The van der Waals surface area contributed by atoms with Crippen LogP contribution in [0.25, 0.3) is 0 Å². The number of carbonyl (C=O) groups is 2. The van der Waals surface area contributed by atoms with Crippen LogP contribution >= 0.6 is 0 Å². The van der Waals surface area contributed by atoms with Crippen LogP contribution < -0.4 is 11.1 Å². The molecule has 0 spiro atoms. The summed E-state index contributed by atoms with van der Waals surface area (Å²) in [5, 5.41) is 2.70. The molecule has 0 rings (SSSR count). The maximum Gasteiger partial charge on any atom is 0.220 e. The van der Waals surface area contributed by atoms with E-state index in [9.17, 15) is 9.59 Å². The Labute approximate surface area is 117 Å². The van der Waals surface area contributed by atoms with Crippen LogP contribution in [0, 0.1) is 0 Å². The van der Waals surface area contributed by atoms with Crippen molar-refractivity contribution in [3.63, 3.8) is 0 Å². The van der Waals surface area contributed by atoms with E-state index >= 15 is 0 Å². The molecule has 0 aromatic heterocycles. The van der Waals surface area contributed by atoms with Crippen molar-refractivity contribution in [1.82, 2.24) is 5.32 Å². The van der Waals surface area contributed by atoms with Gasteiger partial charge in [0.2, 0.25) is 11.8 Å². The summed E-state index contributed by atoms with van der Waals surface area (Å²) in [6.45, 7) is 2.60. The molecule has 0 saturated carbocycles. The molecule has 19 heavy (non-hydrogen) atoms. The molecule has 0 aliphatic heterocycles. The number of nitrogens with two attached hydrogens (primary N) is 1. The summed E-state index contributed by atoms with van der Waals surface area (Å²) in [5.74, 6) is -0.340. The van der Waals surface area contributed by atoms with E-state index in [0.717, 1.165) is 12.8 Å². The minimum absolute atomic E-state index is 0.0317. The van der Waals surface area contributed by atoms with Gasteiger partial charge in [0.1, 0.15) is 0 Å². The van der Waals surface area contributed by atoms with Gasteiger partial charge in [-0.2, -0.15) is 0 Å². The van der Waals surface area contributed by atoms with E-state index in [1.807, 2.05) is 0 Å². The average Bonchev–Trinajstić information content (AvgIpc) is 2.36. The Hall–Kier alpha value is -1.06. The van der Waals surface area contributed by atoms with Gasteiger partial charge in [-0.3, -0.25) is 9.59 Å². The second-order valence-electron chi connectivity index (χ2n) is 5.14. The Morgan fingerprint density at radius 3 is 1.89 bits per heavy atom. The van der Waals surface area contributed by atoms with E-state index in [2.05, 4.69) is 12.2 Å². The van der Waals surface area contributed by atoms with Crippen molar-refractivity contribution in [3.05, 3.63) is 0 Å². The first-order valence-corrected chi connectivity index (χ1v) is 7.71. The van der Waals surface area contributed by atoms with Gasteiger partial charge in [0.15, 0.2) is 0 Å². The number of unbranched alkanes of at least 4 members (excludes halogenated alkanes) is 8. The van der Waals surface area contributed by atoms with Gasteiger partial charge in [-0.15, -0.1) is 0 Å². The number of hydrogen-bond acceptors (Lipinski definition) is 2. The fraction of sp³-hybridized carbons (Fsp3) is 0.867. The highest BCUT2D eigenvalue weighted by molar-refractivity contribution is 5.77. The Morgan fingerprint density at radius 2 is 1.37 bits per heavy atom. The smallest absolute Gasteiger partial charge is 0.220 e. The third-order valence-corrected chi connectivity index (χ3v) is 3.20. The van der Waals surface area contributed by atoms with E-state index in [1.165, 1.54) is 44.9 Å². The third kappa shape index (κ3) is 14.9. The van der Waals surface area contributed by atoms with Crippen LogP contribution in [0.5, 0.6) is 0 Å². The van der Waals surface area contributed by atoms with Gasteiger partial charge in [-0.25, -0.2) is 0 Å². The molecule has 0 aliphatic rings. The standard InChI is InChI=1S/C15H30N2O2/c1-2-3-4-5-6-7-8-9-10-11-15(19)17-13-12-14(16)18/h2-13H2,1H3,(H2,16,18)(H,17,19). The predicted octanol–water partition coefficient (Wildman–Crippen LogP) is 2.90. The molecule has 0 bridgehead atoms. The van der Waals surface area contributed by atoms with Crippen molar-refractivity contribution in [2.45, 2.75) is 77.6 Å². The van der Waals surface area contributed by atoms with E-state index < -0.39 is 0 Å². The summed E-state index contributed by atoms with van der Waals surface area (Å²) in [6.07, 6.45) is 12.0. The maximum atomic E-state index is 11.4. The van der Waals surface area contributed by atoms with Crippen molar-refractivity contribution in [2.24, 2.45) is 5.73 Å². The molecule has 0 radical (unpaired) electrons. The molecule has 0 fully saturated rings. The first kappa shape index (κ1) is 17.9. The van der Waals surface area contributed by atoms with Gasteiger partial charge >= 0.3 is 0 Å². The minimum Gasteiger partial charge on any atom is -0.370 e.